The lowest BCUT2D eigenvalue weighted by molar-refractivity contribution is 0.0600. The van der Waals surface area contributed by atoms with Gasteiger partial charge in [0.2, 0.25) is 0 Å². The molecule has 2 heterocycles. The number of nitrogens with zero attached hydrogens (tertiary/aromatic N) is 1. The van der Waals surface area contributed by atoms with Gasteiger partial charge in [0.05, 0.1) is 12.7 Å². The van der Waals surface area contributed by atoms with Gasteiger partial charge in [-0.2, -0.15) is 0 Å². The van der Waals surface area contributed by atoms with E-state index in [-0.39, 0.29) is 11.5 Å². The molecular weight excluding hydrogens is 316 g/mol. The van der Waals surface area contributed by atoms with Crippen LogP contribution in [0.3, 0.4) is 0 Å². The third-order valence-corrected chi connectivity index (χ3v) is 3.94. The molecule has 5 nitrogen and oxygen atoms in total. The van der Waals surface area contributed by atoms with Gasteiger partial charge in [-0.3, -0.25) is 9.78 Å². The van der Waals surface area contributed by atoms with Gasteiger partial charge in [-0.15, -0.1) is 0 Å². The topological polar surface area (TPSA) is 72.0 Å². The molecule has 0 atom stereocenters. The minimum absolute atomic E-state index is 0.0598. The Kier molecular flexibility index (Phi) is 5.04. The smallest absolute Gasteiger partial charge is 0.337 e. The molecule has 0 aliphatic carbocycles. The second-order valence-corrected chi connectivity index (χ2v) is 5.72. The zero-order valence-corrected chi connectivity index (χ0v) is 13.9. The molecule has 25 heavy (non-hydrogen) atoms. The van der Waals surface area contributed by atoms with Gasteiger partial charge in [-0.25, -0.2) is 4.79 Å². The van der Waals surface area contributed by atoms with Gasteiger partial charge < -0.3 is 9.72 Å². The Morgan fingerprint density at radius 1 is 1.08 bits per heavy atom. The van der Waals surface area contributed by atoms with Crippen molar-refractivity contribution >= 4 is 5.97 Å². The molecule has 0 saturated carbocycles. The zero-order valence-electron chi connectivity index (χ0n) is 13.9. The highest BCUT2D eigenvalue weighted by atomic mass is 16.5. The molecule has 5 heteroatoms. The predicted molar refractivity (Wildman–Crippen MR) is 94.7 cm³/mol. The van der Waals surface area contributed by atoms with Crippen molar-refractivity contribution in [1.82, 2.24) is 9.97 Å². The average Bonchev–Trinajstić information content (AvgIpc) is 2.65. The number of esters is 1. The van der Waals surface area contributed by atoms with Crippen molar-refractivity contribution in [1.29, 1.82) is 0 Å². The molecule has 1 aromatic carbocycles. The van der Waals surface area contributed by atoms with Crippen LogP contribution in [0, 0.1) is 0 Å². The van der Waals surface area contributed by atoms with Gasteiger partial charge in [0.25, 0.3) is 5.56 Å². The largest absolute Gasteiger partial charge is 0.465 e. The molecule has 0 aliphatic heterocycles. The predicted octanol–water partition coefficient (Wildman–Crippen LogP) is 2.74. The lowest BCUT2D eigenvalue weighted by Crippen LogP contribution is -2.11. The number of hydrogen-bond acceptors (Lipinski definition) is 4. The fraction of sp³-hybridized carbons (Fsp3) is 0.150. The van der Waals surface area contributed by atoms with Gasteiger partial charge in [0.1, 0.15) is 0 Å². The number of H-pyrrole nitrogens is 1. The van der Waals surface area contributed by atoms with Crippen LogP contribution >= 0.6 is 0 Å². The minimum atomic E-state index is -0.368. The van der Waals surface area contributed by atoms with Gasteiger partial charge in [0.15, 0.2) is 0 Å². The summed E-state index contributed by atoms with van der Waals surface area (Å²) in [5, 5.41) is 0. The summed E-state index contributed by atoms with van der Waals surface area (Å²) < 4.78 is 4.73. The minimum Gasteiger partial charge on any atom is -0.465 e. The summed E-state index contributed by atoms with van der Waals surface area (Å²) in [4.78, 5) is 30.3. The number of benzene rings is 1. The number of aromatic amines is 1. The van der Waals surface area contributed by atoms with E-state index in [4.69, 9.17) is 4.74 Å². The summed E-state index contributed by atoms with van der Waals surface area (Å²) >= 11 is 0. The maximum absolute atomic E-state index is 11.7. The normalized spacial score (nSPS) is 10.4. The number of hydrogen-bond donors (Lipinski definition) is 1. The lowest BCUT2D eigenvalue weighted by atomic mass is 10.0. The van der Waals surface area contributed by atoms with Crippen molar-refractivity contribution in [3.63, 3.8) is 0 Å². The van der Waals surface area contributed by atoms with E-state index >= 15 is 0 Å². The SMILES string of the molecule is COC(=O)c1ccnc(Cc2ccc(Cc3ccc[nH]c3=O)cc2)c1. The Hall–Kier alpha value is -3.21. The first kappa shape index (κ1) is 16.6. The molecule has 0 spiro atoms. The van der Waals surface area contributed by atoms with E-state index in [1.54, 1.807) is 24.5 Å². The Labute approximate surface area is 145 Å². The number of carbonyl (C=O) groups is 1. The molecule has 2 aromatic heterocycles. The average molecular weight is 334 g/mol. The first-order valence-electron chi connectivity index (χ1n) is 7.93. The van der Waals surface area contributed by atoms with Crippen LogP contribution in [0.4, 0.5) is 0 Å². The Morgan fingerprint density at radius 3 is 2.48 bits per heavy atom. The summed E-state index contributed by atoms with van der Waals surface area (Å²) in [6, 6.07) is 15.1. The number of aromatic nitrogens is 2. The van der Waals surface area contributed by atoms with E-state index in [0.29, 0.717) is 18.4 Å². The standard InChI is InChI=1S/C20H18N2O3/c1-25-20(24)17-8-10-21-18(13-17)12-15-6-4-14(5-7-15)11-16-3-2-9-22-19(16)23/h2-10,13H,11-12H2,1H3,(H,22,23). The number of rotatable bonds is 5. The fourth-order valence-corrected chi connectivity index (χ4v) is 2.62. The maximum Gasteiger partial charge on any atom is 0.337 e. The van der Waals surface area contributed by atoms with Crippen molar-refractivity contribution in [2.24, 2.45) is 0 Å². The highest BCUT2D eigenvalue weighted by Crippen LogP contribution is 2.13. The molecule has 0 saturated heterocycles. The Balaban J connectivity index is 1.72. The second kappa shape index (κ2) is 7.57. The zero-order chi connectivity index (χ0) is 17.6. The first-order chi connectivity index (χ1) is 12.2. The molecule has 0 amide bonds. The van der Waals surface area contributed by atoms with Crippen LogP contribution in [0.25, 0.3) is 0 Å². The third kappa shape index (κ3) is 4.20. The van der Waals surface area contributed by atoms with Gasteiger partial charge in [0, 0.05) is 36.5 Å². The van der Waals surface area contributed by atoms with Crippen molar-refractivity contribution in [2.45, 2.75) is 12.8 Å². The molecule has 0 radical (unpaired) electrons. The van der Waals surface area contributed by atoms with Crippen LogP contribution in [0.2, 0.25) is 0 Å². The summed E-state index contributed by atoms with van der Waals surface area (Å²) in [6.07, 6.45) is 4.45. The number of methoxy groups -OCH3 is 1. The van der Waals surface area contributed by atoms with E-state index in [0.717, 1.165) is 22.4 Å². The molecule has 0 aliphatic rings. The monoisotopic (exact) mass is 334 g/mol. The first-order valence-corrected chi connectivity index (χ1v) is 7.93. The van der Waals surface area contributed by atoms with Crippen molar-refractivity contribution in [3.8, 4) is 0 Å². The van der Waals surface area contributed by atoms with Crippen LogP contribution in [0.5, 0.6) is 0 Å². The molecule has 1 N–H and O–H groups in total. The lowest BCUT2D eigenvalue weighted by Gasteiger charge is -2.06. The molecule has 3 aromatic rings. The molecular formula is C20H18N2O3. The van der Waals surface area contributed by atoms with Crippen LogP contribution < -0.4 is 5.56 Å². The summed E-state index contributed by atoms with van der Waals surface area (Å²) in [7, 11) is 1.36. The Bertz CT molecular complexity index is 930. The third-order valence-electron chi connectivity index (χ3n) is 3.94. The van der Waals surface area contributed by atoms with Crippen LogP contribution in [0.15, 0.2) is 65.7 Å². The van der Waals surface area contributed by atoms with Crippen LogP contribution in [0.1, 0.15) is 32.7 Å². The van der Waals surface area contributed by atoms with Crippen LogP contribution in [-0.2, 0) is 17.6 Å². The van der Waals surface area contributed by atoms with E-state index in [1.165, 1.54) is 7.11 Å². The van der Waals surface area contributed by atoms with Gasteiger partial charge in [-0.05, 0) is 29.3 Å². The summed E-state index contributed by atoms with van der Waals surface area (Å²) in [5.74, 6) is -0.368. The molecule has 0 bridgehead atoms. The van der Waals surface area contributed by atoms with Crippen molar-refractivity contribution in [3.05, 3.63) is 99.2 Å². The highest BCUT2D eigenvalue weighted by Gasteiger charge is 2.07. The summed E-state index contributed by atoms with van der Waals surface area (Å²) in [6.45, 7) is 0. The van der Waals surface area contributed by atoms with Gasteiger partial charge in [-0.1, -0.05) is 30.3 Å². The van der Waals surface area contributed by atoms with Crippen molar-refractivity contribution in [2.75, 3.05) is 7.11 Å². The van der Waals surface area contributed by atoms with E-state index in [2.05, 4.69) is 9.97 Å². The fourth-order valence-electron chi connectivity index (χ4n) is 2.62. The van der Waals surface area contributed by atoms with Crippen molar-refractivity contribution < 1.29 is 9.53 Å². The molecule has 3 rings (SSSR count). The molecule has 0 fully saturated rings. The number of ether oxygens (including phenoxy) is 1. The second-order valence-electron chi connectivity index (χ2n) is 5.72. The van der Waals surface area contributed by atoms with E-state index in [1.807, 2.05) is 36.4 Å². The maximum atomic E-state index is 11.7. The summed E-state index contributed by atoms with van der Waals surface area (Å²) in [5.41, 5.74) is 4.12. The van der Waals surface area contributed by atoms with E-state index in [9.17, 15) is 9.59 Å². The molecule has 126 valence electrons. The van der Waals surface area contributed by atoms with Gasteiger partial charge >= 0.3 is 5.97 Å². The van der Waals surface area contributed by atoms with E-state index < -0.39 is 0 Å². The highest BCUT2D eigenvalue weighted by molar-refractivity contribution is 5.89. The Morgan fingerprint density at radius 2 is 1.80 bits per heavy atom. The number of pyridine rings is 2. The number of nitrogens with one attached hydrogen (secondary N) is 1. The number of carbonyl (C=O) groups excluding carboxylic acids is 1. The van der Waals surface area contributed by atoms with Crippen LogP contribution in [-0.4, -0.2) is 23.0 Å². The molecule has 0 unspecified atom stereocenters. The quantitative estimate of drug-likeness (QED) is 0.728.